The fraction of sp³-hybridized carbons (Fsp3) is 0.800. The lowest BCUT2D eigenvalue weighted by Crippen LogP contribution is -2.41. The maximum atomic E-state index is 10.2. The predicted molar refractivity (Wildman–Crippen MR) is 32.9 cm³/mol. The Bertz CT molecular complexity index is 117. The largest absolute Gasteiger partial charge is 0.343 e. The van der Waals surface area contributed by atoms with E-state index in [0.717, 1.165) is 0 Å². The third-order valence-corrected chi connectivity index (χ3v) is 0.736. The molecule has 0 aromatic carbocycles. The number of Topliss-reactive ketones (excluding diaryl/α,β-unsaturated/α-hetero) is 1. The topological polar surface area (TPSA) is 89.8 Å². The van der Waals surface area contributed by atoms with Gasteiger partial charge in [-0.3, -0.25) is 4.79 Å². The highest BCUT2D eigenvalue weighted by Crippen LogP contribution is 1.86. The van der Waals surface area contributed by atoms with Gasteiger partial charge in [-0.2, -0.15) is 0 Å². The molecule has 0 aromatic rings. The highest BCUT2D eigenvalue weighted by Gasteiger charge is 2.16. The van der Waals surface area contributed by atoms with Crippen LogP contribution in [0, 0.1) is 0 Å². The molecular formula is C5H11NO4. The third-order valence-electron chi connectivity index (χ3n) is 0.736. The first-order chi connectivity index (χ1) is 4.42. The molecule has 0 heterocycles. The Hall–Kier alpha value is -0.490. The van der Waals surface area contributed by atoms with Crippen LogP contribution >= 0.6 is 0 Å². The van der Waals surface area contributed by atoms with Crippen LogP contribution in [0.5, 0.6) is 0 Å². The minimum absolute atomic E-state index is 0.0173. The van der Waals surface area contributed by atoms with Crippen LogP contribution in [0.3, 0.4) is 0 Å². The summed E-state index contributed by atoms with van der Waals surface area (Å²) in [7, 11) is 0. The maximum Gasteiger partial charge on any atom is 0.288 e. The summed E-state index contributed by atoms with van der Waals surface area (Å²) in [6, 6.07) is 0. The van der Waals surface area contributed by atoms with E-state index in [9.17, 15) is 4.79 Å². The van der Waals surface area contributed by atoms with Gasteiger partial charge in [-0.05, 0) is 6.92 Å². The van der Waals surface area contributed by atoms with Gasteiger partial charge in [0.15, 0.2) is 0 Å². The molecule has 4 N–H and O–H groups in total. The molecule has 0 unspecified atom stereocenters. The van der Waals surface area contributed by atoms with Crippen LogP contribution in [-0.2, 0) is 4.79 Å². The summed E-state index contributed by atoms with van der Waals surface area (Å²) in [4.78, 5) is 10.2. The SMILES string of the molecule is CC(=O)CNCC(O)(O)O. The van der Waals surface area contributed by atoms with Crippen molar-refractivity contribution in [3.63, 3.8) is 0 Å². The van der Waals surface area contributed by atoms with E-state index < -0.39 is 12.5 Å². The van der Waals surface area contributed by atoms with E-state index in [1.54, 1.807) is 0 Å². The van der Waals surface area contributed by atoms with E-state index in [-0.39, 0.29) is 12.3 Å². The molecule has 5 heteroatoms. The van der Waals surface area contributed by atoms with E-state index in [0.29, 0.717) is 0 Å². The minimum Gasteiger partial charge on any atom is -0.343 e. The molecule has 0 saturated heterocycles. The molecule has 5 nitrogen and oxygen atoms in total. The maximum absolute atomic E-state index is 10.2. The number of nitrogens with one attached hydrogen (secondary N) is 1. The van der Waals surface area contributed by atoms with E-state index in [1.807, 2.05) is 0 Å². The molecule has 0 aromatic heterocycles. The lowest BCUT2D eigenvalue weighted by Gasteiger charge is -2.13. The number of aliphatic hydroxyl groups is 3. The summed E-state index contributed by atoms with van der Waals surface area (Å²) in [6.45, 7) is 0.927. The fourth-order valence-electron chi connectivity index (χ4n) is 0.406. The zero-order chi connectivity index (χ0) is 8.20. The summed E-state index contributed by atoms with van der Waals surface area (Å²) in [5.74, 6) is -2.86. The van der Waals surface area contributed by atoms with E-state index in [1.165, 1.54) is 6.92 Å². The molecular weight excluding hydrogens is 138 g/mol. The Kier molecular flexibility index (Phi) is 3.45. The molecule has 0 radical (unpaired) electrons. The number of hydrogen-bond donors (Lipinski definition) is 4. The van der Waals surface area contributed by atoms with Crippen molar-refractivity contribution in [3.05, 3.63) is 0 Å². The molecule has 0 saturated carbocycles. The molecule has 60 valence electrons. The van der Waals surface area contributed by atoms with Crippen molar-refractivity contribution in [1.29, 1.82) is 0 Å². The van der Waals surface area contributed by atoms with E-state index in [4.69, 9.17) is 15.3 Å². The summed E-state index contributed by atoms with van der Waals surface area (Å²) in [5, 5.41) is 27.1. The first-order valence-corrected chi connectivity index (χ1v) is 2.79. The molecule has 0 aliphatic rings. The Morgan fingerprint density at radius 1 is 1.50 bits per heavy atom. The molecule has 0 atom stereocenters. The normalized spacial score (nSPS) is 11.6. The second-order valence-electron chi connectivity index (χ2n) is 2.08. The molecule has 0 spiro atoms. The van der Waals surface area contributed by atoms with Crippen LogP contribution in [0.1, 0.15) is 6.92 Å². The highest BCUT2D eigenvalue weighted by atomic mass is 16.7. The van der Waals surface area contributed by atoms with Crippen molar-refractivity contribution in [2.24, 2.45) is 0 Å². The van der Waals surface area contributed by atoms with Gasteiger partial charge in [0.25, 0.3) is 5.97 Å². The van der Waals surface area contributed by atoms with Gasteiger partial charge in [-0.15, -0.1) is 0 Å². The summed E-state index contributed by atoms with van der Waals surface area (Å²) >= 11 is 0. The fourth-order valence-corrected chi connectivity index (χ4v) is 0.406. The number of carbonyl (C=O) groups excluding carboxylic acids is 1. The van der Waals surface area contributed by atoms with Crippen molar-refractivity contribution in [2.75, 3.05) is 13.1 Å². The van der Waals surface area contributed by atoms with Crippen LogP contribution in [0.2, 0.25) is 0 Å². The van der Waals surface area contributed by atoms with Gasteiger partial charge in [0.1, 0.15) is 5.78 Å². The Labute approximate surface area is 58.3 Å². The van der Waals surface area contributed by atoms with Crippen LogP contribution < -0.4 is 5.32 Å². The average molecular weight is 149 g/mol. The zero-order valence-corrected chi connectivity index (χ0v) is 5.66. The molecule has 10 heavy (non-hydrogen) atoms. The summed E-state index contributed by atoms with van der Waals surface area (Å²) in [6.07, 6.45) is 0. The molecule has 0 aliphatic heterocycles. The molecule has 0 fully saturated rings. The van der Waals surface area contributed by atoms with Gasteiger partial charge in [-0.25, -0.2) is 0 Å². The van der Waals surface area contributed by atoms with E-state index in [2.05, 4.69) is 5.32 Å². The number of hydrogen-bond acceptors (Lipinski definition) is 5. The molecule has 0 amide bonds. The second kappa shape index (κ2) is 3.62. The van der Waals surface area contributed by atoms with E-state index >= 15 is 0 Å². The number of rotatable bonds is 4. The van der Waals surface area contributed by atoms with Crippen molar-refractivity contribution in [3.8, 4) is 0 Å². The lowest BCUT2D eigenvalue weighted by molar-refractivity contribution is -0.306. The molecule has 0 bridgehead atoms. The van der Waals surface area contributed by atoms with Crippen LogP contribution in [0.4, 0.5) is 0 Å². The van der Waals surface area contributed by atoms with Crippen molar-refractivity contribution < 1.29 is 20.1 Å². The number of carbonyl (C=O) groups is 1. The Morgan fingerprint density at radius 3 is 2.30 bits per heavy atom. The molecule has 0 aliphatic carbocycles. The predicted octanol–water partition coefficient (Wildman–Crippen LogP) is -2.20. The van der Waals surface area contributed by atoms with Crippen molar-refractivity contribution >= 4 is 5.78 Å². The van der Waals surface area contributed by atoms with Gasteiger partial charge in [0, 0.05) is 0 Å². The van der Waals surface area contributed by atoms with Gasteiger partial charge in [-0.1, -0.05) is 0 Å². The van der Waals surface area contributed by atoms with Crippen LogP contribution in [0.25, 0.3) is 0 Å². The third kappa shape index (κ3) is 7.51. The van der Waals surface area contributed by atoms with Gasteiger partial charge in [0.05, 0.1) is 13.1 Å². The van der Waals surface area contributed by atoms with Crippen molar-refractivity contribution in [2.45, 2.75) is 12.9 Å². The smallest absolute Gasteiger partial charge is 0.288 e. The molecule has 0 rings (SSSR count). The minimum atomic E-state index is -2.73. The van der Waals surface area contributed by atoms with Crippen LogP contribution in [0.15, 0.2) is 0 Å². The lowest BCUT2D eigenvalue weighted by atomic mass is 10.4. The average Bonchev–Trinajstić information content (AvgIpc) is 1.59. The second-order valence-corrected chi connectivity index (χ2v) is 2.08. The summed E-state index contributed by atoms with van der Waals surface area (Å²) < 4.78 is 0. The summed E-state index contributed by atoms with van der Waals surface area (Å²) in [5.41, 5.74) is 0. The first-order valence-electron chi connectivity index (χ1n) is 2.79. The van der Waals surface area contributed by atoms with Gasteiger partial charge in [0.2, 0.25) is 0 Å². The zero-order valence-electron chi connectivity index (χ0n) is 5.66. The van der Waals surface area contributed by atoms with Crippen LogP contribution in [-0.4, -0.2) is 40.2 Å². The first kappa shape index (κ1) is 9.51. The Balaban J connectivity index is 3.29. The monoisotopic (exact) mass is 149 g/mol. The standard InChI is InChI=1S/C5H11NO4/c1-4(7)2-6-3-5(8,9)10/h6,8-10H,2-3H2,1H3. The number of ketones is 1. The Morgan fingerprint density at radius 2 is 2.00 bits per heavy atom. The quantitative estimate of drug-likeness (QED) is 0.340. The van der Waals surface area contributed by atoms with Gasteiger partial charge < -0.3 is 20.6 Å². The van der Waals surface area contributed by atoms with Gasteiger partial charge >= 0.3 is 0 Å². The van der Waals surface area contributed by atoms with Crippen molar-refractivity contribution in [1.82, 2.24) is 5.32 Å². The highest BCUT2D eigenvalue weighted by molar-refractivity contribution is 5.77.